The molecule has 5 heteroatoms. The molecule has 0 aliphatic carbocycles. The van der Waals surface area contributed by atoms with Gasteiger partial charge in [0, 0.05) is 15.9 Å². The number of rotatable bonds is 5. The van der Waals surface area contributed by atoms with Crippen LogP contribution in [0.1, 0.15) is 42.3 Å². The molecule has 0 spiro atoms. The molecule has 1 amide bonds. The summed E-state index contributed by atoms with van der Waals surface area (Å²) in [6.07, 6.45) is 2.29. The van der Waals surface area contributed by atoms with Crippen LogP contribution in [-0.4, -0.2) is 23.9 Å². The number of likely N-dealkylation sites (tertiary alicyclic amines) is 1. The van der Waals surface area contributed by atoms with E-state index in [2.05, 4.69) is 27.7 Å². The lowest BCUT2D eigenvalue weighted by Gasteiger charge is -2.24. The summed E-state index contributed by atoms with van der Waals surface area (Å²) < 4.78 is 0. The topological polar surface area (TPSA) is 32.3 Å². The van der Waals surface area contributed by atoms with Gasteiger partial charge in [-0.1, -0.05) is 29.8 Å². The van der Waals surface area contributed by atoms with Crippen LogP contribution in [0.3, 0.4) is 0 Å². The molecule has 1 aromatic heterocycles. The normalized spacial score (nSPS) is 19.7. The van der Waals surface area contributed by atoms with Gasteiger partial charge in [-0.3, -0.25) is 9.69 Å². The predicted octanol–water partition coefficient (Wildman–Crippen LogP) is 4.42. The van der Waals surface area contributed by atoms with E-state index in [1.54, 1.807) is 11.3 Å². The zero-order valence-corrected chi connectivity index (χ0v) is 14.7. The second-order valence-electron chi connectivity index (χ2n) is 5.98. The number of nitrogens with zero attached hydrogens (tertiary/aromatic N) is 1. The Bertz CT molecular complexity index is 642. The van der Waals surface area contributed by atoms with E-state index >= 15 is 0 Å². The van der Waals surface area contributed by atoms with Gasteiger partial charge >= 0.3 is 0 Å². The quantitative estimate of drug-likeness (QED) is 0.867. The van der Waals surface area contributed by atoms with Crippen LogP contribution < -0.4 is 5.32 Å². The first kappa shape index (κ1) is 16.5. The van der Waals surface area contributed by atoms with Crippen molar-refractivity contribution in [1.82, 2.24) is 10.2 Å². The number of hydrogen-bond donors (Lipinski definition) is 1. The maximum Gasteiger partial charge on any atom is 0.234 e. The fourth-order valence-corrected chi connectivity index (χ4v) is 4.15. The van der Waals surface area contributed by atoms with Crippen LogP contribution in [0.15, 0.2) is 41.8 Å². The van der Waals surface area contributed by atoms with Crippen molar-refractivity contribution in [2.45, 2.75) is 31.8 Å². The summed E-state index contributed by atoms with van der Waals surface area (Å²) in [6, 6.07) is 12.3. The second-order valence-corrected chi connectivity index (χ2v) is 7.40. The summed E-state index contributed by atoms with van der Waals surface area (Å²) in [7, 11) is 0. The molecular formula is C18H21ClN2OS. The van der Waals surface area contributed by atoms with Crippen LogP contribution in [0.4, 0.5) is 0 Å². The van der Waals surface area contributed by atoms with Gasteiger partial charge in [-0.2, -0.15) is 0 Å². The van der Waals surface area contributed by atoms with Gasteiger partial charge in [0.05, 0.1) is 12.6 Å². The highest BCUT2D eigenvalue weighted by atomic mass is 35.5. The summed E-state index contributed by atoms with van der Waals surface area (Å²) in [5, 5.41) is 5.90. The number of carbonyl (C=O) groups is 1. The number of halogens is 1. The first-order chi connectivity index (χ1) is 11.1. The predicted molar refractivity (Wildman–Crippen MR) is 95.9 cm³/mol. The van der Waals surface area contributed by atoms with Crippen LogP contribution >= 0.6 is 22.9 Å². The third kappa shape index (κ3) is 4.14. The lowest BCUT2D eigenvalue weighted by molar-refractivity contribution is -0.123. The zero-order chi connectivity index (χ0) is 16.2. The molecule has 122 valence electrons. The van der Waals surface area contributed by atoms with Crippen molar-refractivity contribution in [3.63, 3.8) is 0 Å². The molecule has 0 unspecified atom stereocenters. The van der Waals surface area contributed by atoms with Gasteiger partial charge in [0.2, 0.25) is 5.91 Å². The minimum atomic E-state index is -0.0115. The Morgan fingerprint density at radius 1 is 1.39 bits per heavy atom. The number of benzene rings is 1. The molecule has 0 saturated carbocycles. The van der Waals surface area contributed by atoms with Crippen LogP contribution in [0.25, 0.3) is 0 Å². The molecule has 3 rings (SSSR count). The third-order valence-corrected chi connectivity index (χ3v) is 5.55. The molecular weight excluding hydrogens is 328 g/mol. The smallest absolute Gasteiger partial charge is 0.234 e. The van der Waals surface area contributed by atoms with Crippen LogP contribution in [0.5, 0.6) is 0 Å². The van der Waals surface area contributed by atoms with Crippen molar-refractivity contribution in [2.75, 3.05) is 13.1 Å². The van der Waals surface area contributed by atoms with E-state index in [1.165, 1.54) is 4.88 Å². The Hall–Kier alpha value is -1.36. The lowest BCUT2D eigenvalue weighted by Crippen LogP contribution is -2.37. The number of thiophene rings is 1. The average molecular weight is 349 g/mol. The molecule has 0 radical (unpaired) electrons. The highest BCUT2D eigenvalue weighted by Gasteiger charge is 2.28. The van der Waals surface area contributed by atoms with E-state index in [4.69, 9.17) is 11.6 Å². The summed E-state index contributed by atoms with van der Waals surface area (Å²) in [6.45, 7) is 3.45. The first-order valence-corrected chi connectivity index (χ1v) is 9.21. The van der Waals surface area contributed by atoms with Gasteiger partial charge in [0.25, 0.3) is 0 Å². The van der Waals surface area contributed by atoms with Crippen LogP contribution in [-0.2, 0) is 4.79 Å². The molecule has 2 aromatic rings. The first-order valence-electron chi connectivity index (χ1n) is 7.96. The van der Waals surface area contributed by atoms with Crippen LogP contribution in [0.2, 0.25) is 5.02 Å². The zero-order valence-electron chi connectivity index (χ0n) is 13.2. The van der Waals surface area contributed by atoms with E-state index in [-0.39, 0.29) is 11.9 Å². The number of amides is 1. The SMILES string of the molecule is C[C@H](NC(=O)CN1CCC[C@@H]1c1cccs1)c1ccc(Cl)cc1. The van der Waals surface area contributed by atoms with Gasteiger partial charge in [-0.05, 0) is 55.5 Å². The van der Waals surface area contributed by atoms with E-state index in [0.717, 1.165) is 24.9 Å². The Kier molecular flexibility index (Phi) is 5.36. The Morgan fingerprint density at radius 2 is 2.17 bits per heavy atom. The fraction of sp³-hybridized carbons (Fsp3) is 0.389. The summed E-state index contributed by atoms with van der Waals surface area (Å²) in [4.78, 5) is 16.0. The van der Waals surface area contributed by atoms with Gasteiger partial charge < -0.3 is 5.32 Å². The fourth-order valence-electron chi connectivity index (χ4n) is 3.12. The van der Waals surface area contributed by atoms with E-state index in [1.807, 2.05) is 31.2 Å². The van der Waals surface area contributed by atoms with Crippen molar-refractivity contribution in [2.24, 2.45) is 0 Å². The van der Waals surface area contributed by atoms with Crippen molar-refractivity contribution < 1.29 is 4.79 Å². The maximum absolute atomic E-state index is 12.4. The van der Waals surface area contributed by atoms with Crippen molar-refractivity contribution >= 4 is 28.8 Å². The molecule has 1 N–H and O–H groups in total. The molecule has 3 nitrogen and oxygen atoms in total. The molecule has 2 heterocycles. The maximum atomic E-state index is 12.4. The van der Waals surface area contributed by atoms with E-state index in [0.29, 0.717) is 17.6 Å². The molecule has 0 bridgehead atoms. The number of nitrogens with one attached hydrogen (secondary N) is 1. The molecule has 2 atom stereocenters. The van der Waals surface area contributed by atoms with Crippen molar-refractivity contribution in [1.29, 1.82) is 0 Å². The third-order valence-electron chi connectivity index (χ3n) is 4.33. The second kappa shape index (κ2) is 7.47. The van der Waals surface area contributed by atoms with Gasteiger partial charge in [-0.25, -0.2) is 0 Å². The number of carbonyl (C=O) groups excluding carboxylic acids is 1. The van der Waals surface area contributed by atoms with Crippen LogP contribution in [0, 0.1) is 0 Å². The minimum Gasteiger partial charge on any atom is -0.348 e. The van der Waals surface area contributed by atoms with Gasteiger partial charge in [-0.15, -0.1) is 11.3 Å². The highest BCUT2D eigenvalue weighted by Crippen LogP contribution is 2.34. The molecule has 1 aliphatic heterocycles. The Morgan fingerprint density at radius 3 is 2.87 bits per heavy atom. The Balaban J connectivity index is 1.57. The van der Waals surface area contributed by atoms with Crippen molar-refractivity contribution in [3.05, 3.63) is 57.2 Å². The van der Waals surface area contributed by atoms with Gasteiger partial charge in [0.15, 0.2) is 0 Å². The average Bonchev–Trinajstić information content (AvgIpc) is 3.18. The molecule has 1 fully saturated rings. The number of hydrogen-bond acceptors (Lipinski definition) is 3. The highest BCUT2D eigenvalue weighted by molar-refractivity contribution is 7.10. The molecule has 1 saturated heterocycles. The standard InChI is InChI=1S/C18H21ClN2OS/c1-13(14-6-8-15(19)9-7-14)20-18(22)12-21-10-2-4-16(21)17-5-3-11-23-17/h3,5-9,11,13,16H,2,4,10,12H2,1H3,(H,20,22)/t13-,16+/m0/s1. The summed E-state index contributed by atoms with van der Waals surface area (Å²) in [5.74, 6) is 0.0795. The van der Waals surface area contributed by atoms with E-state index < -0.39 is 0 Å². The van der Waals surface area contributed by atoms with E-state index in [9.17, 15) is 4.79 Å². The molecule has 1 aromatic carbocycles. The summed E-state index contributed by atoms with van der Waals surface area (Å²) >= 11 is 7.68. The Labute approximate surface area is 146 Å². The molecule has 23 heavy (non-hydrogen) atoms. The van der Waals surface area contributed by atoms with Gasteiger partial charge in [0.1, 0.15) is 0 Å². The summed E-state index contributed by atoms with van der Waals surface area (Å²) in [5.41, 5.74) is 1.07. The van der Waals surface area contributed by atoms with Crippen molar-refractivity contribution in [3.8, 4) is 0 Å². The minimum absolute atomic E-state index is 0.0115. The molecule has 1 aliphatic rings. The largest absolute Gasteiger partial charge is 0.348 e. The lowest BCUT2D eigenvalue weighted by atomic mass is 10.1. The monoisotopic (exact) mass is 348 g/mol.